The number of ether oxygens (including phenoxy) is 2. The molecule has 0 saturated heterocycles. The molecule has 1 fully saturated rings. The highest BCUT2D eigenvalue weighted by molar-refractivity contribution is 5.85. The van der Waals surface area contributed by atoms with E-state index < -0.39 is 18.2 Å². The lowest BCUT2D eigenvalue weighted by molar-refractivity contribution is -0.141. The number of nitrogens with two attached hydrogens (primary N) is 1. The average molecular weight is 201 g/mol. The molecule has 1 aliphatic rings. The lowest BCUT2D eigenvalue weighted by atomic mass is 9.81. The van der Waals surface area contributed by atoms with Gasteiger partial charge in [0.05, 0.1) is 7.11 Å². The maximum Gasteiger partial charge on any atom is 0.515 e. The molecule has 1 unspecified atom stereocenters. The van der Waals surface area contributed by atoms with E-state index in [0.29, 0.717) is 12.3 Å². The van der Waals surface area contributed by atoms with E-state index in [1.165, 1.54) is 6.42 Å². The molecule has 1 aliphatic carbocycles. The van der Waals surface area contributed by atoms with E-state index in [1.54, 1.807) is 0 Å². The topological polar surface area (TPSA) is 78.6 Å². The largest absolute Gasteiger partial charge is 0.515 e. The van der Waals surface area contributed by atoms with Crippen molar-refractivity contribution >= 4 is 12.1 Å². The number of hydrogen-bond donors (Lipinski definition) is 1. The molecule has 0 heterocycles. The Morgan fingerprint density at radius 3 is 2.57 bits per heavy atom. The zero-order chi connectivity index (χ0) is 10.6. The zero-order valence-electron chi connectivity index (χ0n) is 8.19. The van der Waals surface area contributed by atoms with Crippen LogP contribution in [0, 0.1) is 5.92 Å². The van der Waals surface area contributed by atoms with E-state index in [4.69, 9.17) is 5.73 Å². The lowest BCUT2D eigenvalue weighted by Gasteiger charge is -2.26. The van der Waals surface area contributed by atoms with Gasteiger partial charge in [0.1, 0.15) is 6.04 Å². The molecule has 80 valence electrons. The van der Waals surface area contributed by atoms with Gasteiger partial charge in [-0.05, 0) is 12.3 Å². The zero-order valence-corrected chi connectivity index (χ0v) is 8.19. The Bertz CT molecular complexity index is 225. The van der Waals surface area contributed by atoms with Crippen LogP contribution < -0.4 is 5.73 Å². The van der Waals surface area contributed by atoms with Crippen molar-refractivity contribution in [1.82, 2.24) is 0 Å². The lowest BCUT2D eigenvalue weighted by Crippen LogP contribution is -2.36. The Hall–Kier alpha value is -1.10. The van der Waals surface area contributed by atoms with Gasteiger partial charge in [0.15, 0.2) is 0 Å². The van der Waals surface area contributed by atoms with E-state index in [-0.39, 0.29) is 0 Å². The van der Waals surface area contributed by atoms with Crippen molar-refractivity contribution < 1.29 is 19.1 Å². The van der Waals surface area contributed by atoms with Crippen molar-refractivity contribution in [1.29, 1.82) is 0 Å². The molecule has 0 aromatic carbocycles. The third-order valence-electron chi connectivity index (χ3n) is 2.47. The molecular weight excluding hydrogens is 186 g/mol. The fourth-order valence-electron chi connectivity index (χ4n) is 1.38. The first-order valence-corrected chi connectivity index (χ1v) is 4.68. The van der Waals surface area contributed by atoms with Crippen molar-refractivity contribution in [2.45, 2.75) is 31.7 Å². The second-order valence-electron chi connectivity index (χ2n) is 3.51. The minimum Gasteiger partial charge on any atom is -0.437 e. The second kappa shape index (κ2) is 4.95. The van der Waals surface area contributed by atoms with Crippen molar-refractivity contribution in [3.05, 3.63) is 0 Å². The van der Waals surface area contributed by atoms with Crippen LogP contribution in [0.2, 0.25) is 0 Å². The number of carbonyl (C=O) groups is 2. The van der Waals surface area contributed by atoms with Crippen molar-refractivity contribution in [2.75, 3.05) is 7.11 Å². The maximum atomic E-state index is 11.1. The predicted molar refractivity (Wildman–Crippen MR) is 48.4 cm³/mol. The smallest absolute Gasteiger partial charge is 0.437 e. The van der Waals surface area contributed by atoms with Crippen molar-refractivity contribution in [3.8, 4) is 0 Å². The molecule has 0 aromatic heterocycles. The van der Waals surface area contributed by atoms with Crippen LogP contribution >= 0.6 is 0 Å². The Morgan fingerprint density at radius 2 is 2.14 bits per heavy atom. The molecule has 0 spiro atoms. The summed E-state index contributed by atoms with van der Waals surface area (Å²) >= 11 is 0. The number of hydrogen-bond acceptors (Lipinski definition) is 5. The SMILES string of the molecule is COC(=O)OC(=O)C(N)CC1CCC1. The molecule has 0 amide bonds. The van der Waals surface area contributed by atoms with E-state index >= 15 is 0 Å². The van der Waals surface area contributed by atoms with E-state index in [2.05, 4.69) is 9.47 Å². The van der Waals surface area contributed by atoms with E-state index in [1.807, 2.05) is 0 Å². The number of methoxy groups -OCH3 is 1. The third-order valence-corrected chi connectivity index (χ3v) is 2.47. The maximum absolute atomic E-state index is 11.1. The van der Waals surface area contributed by atoms with Gasteiger partial charge in [-0.1, -0.05) is 19.3 Å². The summed E-state index contributed by atoms with van der Waals surface area (Å²) in [6, 6.07) is -0.709. The van der Waals surface area contributed by atoms with Crippen LogP contribution in [-0.2, 0) is 14.3 Å². The normalized spacial score (nSPS) is 18.1. The second-order valence-corrected chi connectivity index (χ2v) is 3.51. The summed E-state index contributed by atoms with van der Waals surface area (Å²) in [6.07, 6.45) is 3.01. The summed E-state index contributed by atoms with van der Waals surface area (Å²) in [4.78, 5) is 21.7. The molecule has 1 atom stereocenters. The van der Waals surface area contributed by atoms with E-state index in [9.17, 15) is 9.59 Å². The quantitative estimate of drug-likeness (QED) is 0.540. The van der Waals surface area contributed by atoms with Gasteiger partial charge in [-0.2, -0.15) is 0 Å². The van der Waals surface area contributed by atoms with Crippen LogP contribution in [0.1, 0.15) is 25.7 Å². The van der Waals surface area contributed by atoms with Gasteiger partial charge in [0, 0.05) is 0 Å². The minimum absolute atomic E-state index is 0.509. The Balaban J connectivity index is 2.24. The highest BCUT2D eigenvalue weighted by Gasteiger charge is 2.26. The molecule has 14 heavy (non-hydrogen) atoms. The molecule has 0 radical (unpaired) electrons. The van der Waals surface area contributed by atoms with Gasteiger partial charge in [-0.15, -0.1) is 0 Å². The Morgan fingerprint density at radius 1 is 1.50 bits per heavy atom. The number of rotatable bonds is 3. The van der Waals surface area contributed by atoms with Crippen LogP contribution in [0.5, 0.6) is 0 Å². The number of esters is 1. The van der Waals surface area contributed by atoms with Gasteiger partial charge in [0.25, 0.3) is 0 Å². The fourth-order valence-corrected chi connectivity index (χ4v) is 1.38. The fraction of sp³-hybridized carbons (Fsp3) is 0.778. The molecule has 2 N–H and O–H groups in total. The van der Waals surface area contributed by atoms with Crippen LogP contribution in [0.4, 0.5) is 4.79 Å². The Labute approximate surface area is 82.5 Å². The van der Waals surface area contributed by atoms with Crippen LogP contribution in [-0.4, -0.2) is 25.3 Å². The molecule has 0 aliphatic heterocycles. The summed E-state index contributed by atoms with van der Waals surface area (Å²) in [7, 11) is 1.15. The molecule has 1 saturated carbocycles. The van der Waals surface area contributed by atoms with Crippen LogP contribution in [0.25, 0.3) is 0 Å². The first kappa shape index (κ1) is 11.0. The average Bonchev–Trinajstić information content (AvgIpc) is 2.10. The van der Waals surface area contributed by atoms with Crippen LogP contribution in [0.15, 0.2) is 0 Å². The van der Waals surface area contributed by atoms with Gasteiger partial charge in [-0.3, -0.25) is 0 Å². The minimum atomic E-state index is -1.00. The molecule has 5 nitrogen and oxygen atoms in total. The highest BCUT2D eigenvalue weighted by Crippen LogP contribution is 2.30. The van der Waals surface area contributed by atoms with Gasteiger partial charge >= 0.3 is 12.1 Å². The molecule has 1 rings (SSSR count). The molecule has 0 aromatic rings. The van der Waals surface area contributed by atoms with Crippen molar-refractivity contribution in [3.63, 3.8) is 0 Å². The molecule has 5 heteroatoms. The molecular formula is C9H15NO4. The standard InChI is InChI=1S/C9H15NO4/c1-13-9(12)14-8(11)7(10)5-6-3-2-4-6/h6-7H,2-5,10H2,1H3. The highest BCUT2D eigenvalue weighted by atomic mass is 16.7. The van der Waals surface area contributed by atoms with Gasteiger partial charge in [0.2, 0.25) is 0 Å². The Kier molecular flexibility index (Phi) is 3.88. The predicted octanol–water partition coefficient (Wildman–Crippen LogP) is 0.813. The van der Waals surface area contributed by atoms with Gasteiger partial charge < -0.3 is 15.2 Å². The van der Waals surface area contributed by atoms with E-state index in [0.717, 1.165) is 20.0 Å². The monoisotopic (exact) mass is 201 g/mol. The first-order valence-electron chi connectivity index (χ1n) is 4.68. The van der Waals surface area contributed by atoms with Crippen molar-refractivity contribution in [2.24, 2.45) is 11.7 Å². The summed E-state index contributed by atoms with van der Waals surface area (Å²) in [5, 5.41) is 0. The number of carbonyl (C=O) groups excluding carboxylic acids is 2. The first-order chi connectivity index (χ1) is 6.63. The summed E-state index contributed by atoms with van der Waals surface area (Å²) in [6.45, 7) is 0. The molecule has 0 bridgehead atoms. The summed E-state index contributed by atoms with van der Waals surface area (Å²) < 4.78 is 8.48. The third kappa shape index (κ3) is 2.99. The summed E-state index contributed by atoms with van der Waals surface area (Å²) in [5.74, 6) is -0.195. The van der Waals surface area contributed by atoms with Crippen LogP contribution in [0.3, 0.4) is 0 Å². The van der Waals surface area contributed by atoms with Gasteiger partial charge in [-0.25, -0.2) is 9.59 Å². The summed E-state index contributed by atoms with van der Waals surface area (Å²) in [5.41, 5.74) is 5.55.